The number of hydrogen-bond acceptors (Lipinski definition) is 2. The van der Waals surface area contributed by atoms with Crippen LogP contribution in [0.2, 0.25) is 0 Å². The van der Waals surface area contributed by atoms with Crippen LogP contribution in [0.4, 0.5) is 0 Å². The minimum absolute atomic E-state index is 0.0681. The molecular weight excluding hydrogens is 927 g/mol. The van der Waals surface area contributed by atoms with Crippen molar-refractivity contribution < 1.29 is 34.0 Å². The number of benzene rings is 10. The molecule has 4 heterocycles. The highest BCUT2D eigenvalue weighted by Gasteiger charge is 2.25. The van der Waals surface area contributed by atoms with Crippen molar-refractivity contribution >= 4 is 54.6 Å². The minimum atomic E-state index is -0.627. The Balaban J connectivity index is 1.01. The van der Waals surface area contributed by atoms with Crippen molar-refractivity contribution in [2.45, 2.75) is 25.7 Å². The highest BCUT2D eigenvalue weighted by molar-refractivity contribution is 6.16. The van der Waals surface area contributed by atoms with Gasteiger partial charge < -0.3 is 9.30 Å². The van der Waals surface area contributed by atoms with Crippen molar-refractivity contribution in [2.75, 3.05) is 0 Å². The number of fused-ring (bicyclic) bond motifs is 7. The number of nitrogens with zero attached hydrogens (tertiary/aromatic N) is 5. The van der Waals surface area contributed by atoms with Gasteiger partial charge in [-0.25, -0.2) is 4.98 Å². The SMILES string of the molecule is [2H]c1c([2H])c([2H])c(-c2cccc(-c3c([2H])c([2H])c([2H])c([2H])c3[2H])c2-[n+]2[c-]n(-c3cccc(Oc4cc(-n5c6c([2H])c([2H])c([2H])c([2H])c6c6c([2H])c([2H])c([2H])c([2H])c65)c5c6ccccc6n(-c6cc(CC(C)(C)c7ccccc7)ccn6)c5c4)c3)c3ccccc32)c([2H])c1[2H]. The van der Waals surface area contributed by atoms with E-state index in [4.69, 9.17) is 28.9 Å². The van der Waals surface area contributed by atoms with Crippen molar-refractivity contribution in [1.82, 2.24) is 18.7 Å². The van der Waals surface area contributed by atoms with Gasteiger partial charge in [0.05, 0.1) is 74.8 Å². The summed E-state index contributed by atoms with van der Waals surface area (Å²) in [6.07, 6.45) is 5.79. The summed E-state index contributed by atoms with van der Waals surface area (Å²) in [5, 5.41) is 0.976. The van der Waals surface area contributed by atoms with Gasteiger partial charge in [-0.1, -0.05) is 208 Å². The molecule has 6 heteroatoms. The van der Waals surface area contributed by atoms with Crippen LogP contribution in [0.1, 0.15) is 49.6 Å². The van der Waals surface area contributed by atoms with Crippen LogP contribution in [0, 0.1) is 6.33 Å². The third kappa shape index (κ3) is 7.65. The Morgan fingerprint density at radius 3 is 1.88 bits per heavy atom. The third-order valence-corrected chi connectivity index (χ3v) is 13.9. The van der Waals surface area contributed by atoms with Gasteiger partial charge in [-0.05, 0) is 93.7 Å². The molecule has 14 aromatic rings. The van der Waals surface area contributed by atoms with Crippen LogP contribution >= 0.6 is 0 Å². The van der Waals surface area contributed by atoms with Gasteiger partial charge in [-0.3, -0.25) is 13.7 Å². The maximum atomic E-state index is 9.56. The largest absolute Gasteiger partial charge is 0.458 e. The van der Waals surface area contributed by atoms with Crippen LogP contribution < -0.4 is 9.30 Å². The molecule has 6 nitrogen and oxygen atoms in total. The standard InChI is InChI=1S/C70H51N5O/c1-70(2,51-26-10-5-11-27-51)46-48-40-41-71-67(42-48)75-62-37-17-14-32-59(62)68-65(74-60-35-15-12-30-57(60)58-31-13-16-36-61(58)74)44-54(45-66(68)75)76-53-29-20-28-52(43-53)72-47-73(64-39-19-18-38-63(64)72)69-55(49-22-6-3-7-23-49)33-21-34-56(69)50-24-8-4-9-25-50/h3-45H,46H2,1-2H3/i3D,4D,6D,7D,8D,9D,12D,13D,15D,16D,22D,23D,24D,25D,30D,31D,35D,36D. The number of para-hydroxylation sites is 6. The lowest BCUT2D eigenvalue weighted by Gasteiger charge is -2.25. The fourth-order valence-corrected chi connectivity index (χ4v) is 10.6. The lowest BCUT2D eigenvalue weighted by molar-refractivity contribution is -0.571. The highest BCUT2D eigenvalue weighted by Crippen LogP contribution is 2.43. The summed E-state index contributed by atoms with van der Waals surface area (Å²) >= 11 is 0. The van der Waals surface area contributed by atoms with Crippen molar-refractivity contribution in [3.63, 3.8) is 0 Å². The number of pyridine rings is 1. The molecular formula is C70H51N5O. The van der Waals surface area contributed by atoms with Gasteiger partial charge in [0.25, 0.3) is 6.33 Å². The zero-order valence-corrected chi connectivity index (χ0v) is 40.8. The van der Waals surface area contributed by atoms with Gasteiger partial charge in [0.15, 0.2) is 0 Å². The summed E-state index contributed by atoms with van der Waals surface area (Å²) in [5.74, 6) is 0.945. The van der Waals surface area contributed by atoms with E-state index >= 15 is 0 Å². The first-order chi connectivity index (χ1) is 44.9. The zero-order chi connectivity index (χ0) is 66.4. The summed E-state index contributed by atoms with van der Waals surface area (Å²) in [6, 6.07) is 33.7. The molecule has 0 amide bonds. The van der Waals surface area contributed by atoms with E-state index in [0.717, 1.165) is 11.1 Å². The Bertz CT molecular complexity index is 5380. The summed E-state index contributed by atoms with van der Waals surface area (Å²) in [4.78, 5) is 4.98. The van der Waals surface area contributed by atoms with Crippen LogP contribution in [0.25, 0.3) is 99.8 Å². The fraction of sp³-hybridized carbons (Fsp3) is 0.0571. The predicted octanol–water partition coefficient (Wildman–Crippen LogP) is 16.9. The quantitative estimate of drug-likeness (QED) is 0.0957. The fourth-order valence-electron chi connectivity index (χ4n) is 10.6. The third-order valence-electron chi connectivity index (χ3n) is 13.9. The van der Waals surface area contributed by atoms with E-state index in [0.29, 0.717) is 50.8 Å². The van der Waals surface area contributed by atoms with Crippen molar-refractivity contribution in [3.8, 4) is 56.6 Å². The Hall–Kier alpha value is -9.78. The van der Waals surface area contributed by atoms with E-state index in [-0.39, 0.29) is 72.3 Å². The molecule has 0 bridgehead atoms. The normalized spacial score (nSPS) is 15.2. The summed E-state index contributed by atoms with van der Waals surface area (Å²) in [5.41, 5.74) is 4.24. The average molecular weight is 996 g/mol. The highest BCUT2D eigenvalue weighted by atomic mass is 16.5. The van der Waals surface area contributed by atoms with Crippen LogP contribution in [0.15, 0.2) is 261 Å². The van der Waals surface area contributed by atoms with Gasteiger partial charge in [-0.15, -0.1) is 0 Å². The van der Waals surface area contributed by atoms with Crippen LogP contribution in [0.5, 0.6) is 11.5 Å². The molecule has 0 spiro atoms. The van der Waals surface area contributed by atoms with Crippen LogP contribution in [-0.4, -0.2) is 18.7 Å². The second kappa shape index (κ2) is 18.3. The Morgan fingerprint density at radius 2 is 1.16 bits per heavy atom. The topological polar surface area (TPSA) is 40.8 Å². The number of rotatable bonds is 11. The van der Waals surface area contributed by atoms with E-state index in [1.807, 2.05) is 65.2 Å². The molecule has 0 fully saturated rings. The van der Waals surface area contributed by atoms with E-state index in [1.165, 1.54) is 22.8 Å². The number of imidazole rings is 1. The number of ether oxygens (including phenoxy) is 1. The summed E-state index contributed by atoms with van der Waals surface area (Å²) in [6.45, 7) is 4.35. The Morgan fingerprint density at radius 1 is 0.526 bits per heavy atom. The summed E-state index contributed by atoms with van der Waals surface area (Å²) < 4.78 is 175. The number of hydrogen-bond donors (Lipinski definition) is 0. The van der Waals surface area contributed by atoms with E-state index in [9.17, 15) is 5.48 Å². The van der Waals surface area contributed by atoms with Gasteiger partial charge >= 0.3 is 0 Å². The molecule has 0 aliphatic carbocycles. The molecule has 14 rings (SSSR count). The molecule has 0 aliphatic heterocycles. The van der Waals surface area contributed by atoms with E-state index < -0.39 is 109 Å². The summed E-state index contributed by atoms with van der Waals surface area (Å²) in [7, 11) is 0. The van der Waals surface area contributed by atoms with Crippen molar-refractivity contribution in [1.29, 1.82) is 0 Å². The maximum Gasteiger partial charge on any atom is 0.269 e. The molecule has 76 heavy (non-hydrogen) atoms. The molecule has 10 aromatic carbocycles. The molecule has 362 valence electrons. The Labute approximate surface area is 466 Å². The molecule has 0 saturated heterocycles. The van der Waals surface area contributed by atoms with Gasteiger partial charge in [0, 0.05) is 39.9 Å². The average Bonchev–Trinajstić information content (AvgIpc) is 1.53. The van der Waals surface area contributed by atoms with Gasteiger partial charge in [-0.2, -0.15) is 0 Å². The minimum Gasteiger partial charge on any atom is -0.458 e. The van der Waals surface area contributed by atoms with Crippen molar-refractivity contribution in [3.05, 3.63) is 278 Å². The smallest absolute Gasteiger partial charge is 0.269 e. The predicted molar refractivity (Wildman–Crippen MR) is 311 cm³/mol. The van der Waals surface area contributed by atoms with Crippen LogP contribution in [-0.2, 0) is 11.8 Å². The molecule has 0 unspecified atom stereocenters. The first-order valence-corrected chi connectivity index (χ1v) is 24.5. The zero-order valence-electron chi connectivity index (χ0n) is 58.8. The van der Waals surface area contributed by atoms with E-state index in [2.05, 4.69) is 32.3 Å². The van der Waals surface area contributed by atoms with Crippen LogP contribution in [0.3, 0.4) is 0 Å². The molecule has 0 saturated carbocycles. The lowest BCUT2D eigenvalue weighted by Crippen LogP contribution is -2.31. The second-order valence-corrected chi connectivity index (χ2v) is 19.0. The molecule has 0 N–H and O–H groups in total. The van der Waals surface area contributed by atoms with Gasteiger partial charge in [0.2, 0.25) is 0 Å². The maximum absolute atomic E-state index is 9.56. The van der Waals surface area contributed by atoms with E-state index in [1.54, 1.807) is 69.9 Å². The van der Waals surface area contributed by atoms with Gasteiger partial charge in [0.1, 0.15) is 17.3 Å². The molecule has 4 aromatic heterocycles. The first-order valence-electron chi connectivity index (χ1n) is 33.5. The first kappa shape index (κ1) is 29.8. The molecule has 0 aliphatic rings. The lowest BCUT2D eigenvalue weighted by atomic mass is 9.79. The molecule has 0 atom stereocenters. The monoisotopic (exact) mass is 996 g/mol. The second-order valence-electron chi connectivity index (χ2n) is 19.0. The number of aromatic nitrogens is 5. The van der Waals surface area contributed by atoms with Crippen molar-refractivity contribution in [2.24, 2.45) is 0 Å². The Kier molecular flexibility index (Phi) is 7.18. The molecule has 0 radical (unpaired) electrons.